The Labute approximate surface area is 132 Å². The Hall–Kier alpha value is -1.03. The Morgan fingerprint density at radius 2 is 2.00 bits per heavy atom. The van der Waals surface area contributed by atoms with E-state index in [0.717, 1.165) is 24.2 Å². The van der Waals surface area contributed by atoms with Gasteiger partial charge in [-0.15, -0.1) is 0 Å². The van der Waals surface area contributed by atoms with Crippen LogP contribution in [0.25, 0.3) is 11.0 Å². The molecule has 0 spiro atoms. The quantitative estimate of drug-likeness (QED) is 0.671. The monoisotopic (exact) mass is 305 g/mol. The molecule has 0 N–H and O–H groups in total. The van der Waals surface area contributed by atoms with Crippen LogP contribution in [0.1, 0.15) is 49.7 Å². The summed E-state index contributed by atoms with van der Waals surface area (Å²) < 4.78 is 2.45. The molecule has 0 fully saturated rings. The summed E-state index contributed by atoms with van der Waals surface area (Å²) in [5.41, 5.74) is 4.77. The summed E-state index contributed by atoms with van der Waals surface area (Å²) >= 11 is 1.93. The Morgan fingerprint density at radius 3 is 2.71 bits per heavy atom. The molecule has 0 saturated heterocycles. The van der Waals surface area contributed by atoms with E-state index < -0.39 is 0 Å². The van der Waals surface area contributed by atoms with E-state index in [-0.39, 0.29) is 0 Å². The number of imidazole rings is 1. The summed E-state index contributed by atoms with van der Waals surface area (Å²) in [4.78, 5) is 9.32. The number of rotatable bonds is 8. The number of nitrogens with zero attached hydrogens (tertiary/aromatic N) is 3. The summed E-state index contributed by atoms with van der Waals surface area (Å²) in [6.07, 6.45) is 10.1. The fourth-order valence-corrected chi connectivity index (χ4v) is 3.21. The molecule has 0 aliphatic heterocycles. The van der Waals surface area contributed by atoms with Gasteiger partial charge in [-0.1, -0.05) is 13.3 Å². The fourth-order valence-electron chi connectivity index (χ4n) is 2.71. The molecule has 0 aliphatic carbocycles. The number of hydrogen-bond acceptors (Lipinski definition) is 3. The summed E-state index contributed by atoms with van der Waals surface area (Å²) in [7, 11) is 0. The zero-order valence-corrected chi connectivity index (χ0v) is 14.6. The summed E-state index contributed by atoms with van der Waals surface area (Å²) in [6, 6.07) is 0. The van der Waals surface area contributed by atoms with E-state index in [1.54, 1.807) is 0 Å². The molecule has 0 amide bonds. The fraction of sp³-hybridized carbons (Fsp3) is 0.647. The van der Waals surface area contributed by atoms with Crippen molar-refractivity contribution in [1.29, 1.82) is 0 Å². The Bertz CT molecular complexity index is 589. The maximum absolute atomic E-state index is 4.85. The van der Waals surface area contributed by atoms with E-state index in [1.165, 1.54) is 48.3 Å². The topological polar surface area (TPSA) is 30.7 Å². The van der Waals surface area contributed by atoms with Gasteiger partial charge in [0.15, 0.2) is 0 Å². The lowest BCUT2D eigenvalue weighted by atomic mass is 10.2. The van der Waals surface area contributed by atoms with E-state index in [1.807, 2.05) is 18.0 Å². The Morgan fingerprint density at radius 1 is 1.19 bits per heavy atom. The van der Waals surface area contributed by atoms with Gasteiger partial charge in [0.2, 0.25) is 0 Å². The van der Waals surface area contributed by atoms with Crippen molar-refractivity contribution in [1.82, 2.24) is 14.5 Å². The van der Waals surface area contributed by atoms with Crippen molar-refractivity contribution in [2.45, 2.75) is 59.4 Å². The van der Waals surface area contributed by atoms with Crippen LogP contribution in [0.2, 0.25) is 0 Å². The van der Waals surface area contributed by atoms with E-state index in [4.69, 9.17) is 4.98 Å². The van der Waals surface area contributed by atoms with Gasteiger partial charge < -0.3 is 4.57 Å². The molecular formula is C17H27N3S. The molecule has 0 atom stereocenters. The first kappa shape index (κ1) is 16.3. The molecule has 116 valence electrons. The van der Waals surface area contributed by atoms with Crippen LogP contribution in [-0.4, -0.2) is 26.5 Å². The van der Waals surface area contributed by atoms with Crippen molar-refractivity contribution in [2.75, 3.05) is 12.0 Å². The third kappa shape index (κ3) is 3.79. The van der Waals surface area contributed by atoms with Gasteiger partial charge in [0.25, 0.3) is 0 Å². The summed E-state index contributed by atoms with van der Waals surface area (Å²) in [5.74, 6) is 2.49. The number of pyridine rings is 1. The molecule has 0 bridgehead atoms. The van der Waals surface area contributed by atoms with Gasteiger partial charge in [-0.25, -0.2) is 4.98 Å². The van der Waals surface area contributed by atoms with E-state index in [0.29, 0.717) is 0 Å². The van der Waals surface area contributed by atoms with Gasteiger partial charge in [0, 0.05) is 18.7 Å². The zero-order valence-electron chi connectivity index (χ0n) is 13.8. The highest BCUT2D eigenvalue weighted by molar-refractivity contribution is 7.98. The first-order chi connectivity index (χ1) is 10.2. The molecule has 21 heavy (non-hydrogen) atoms. The number of thioether (sulfide) groups is 1. The maximum atomic E-state index is 4.85. The Balaban J connectivity index is 2.33. The van der Waals surface area contributed by atoms with E-state index in [2.05, 4.69) is 36.6 Å². The van der Waals surface area contributed by atoms with Crippen LogP contribution in [0.15, 0.2) is 6.20 Å². The summed E-state index contributed by atoms with van der Waals surface area (Å²) in [5, 5.41) is 0. The van der Waals surface area contributed by atoms with Crippen molar-refractivity contribution in [3.63, 3.8) is 0 Å². The molecule has 0 aromatic carbocycles. The van der Waals surface area contributed by atoms with Crippen LogP contribution in [0.4, 0.5) is 0 Å². The second kappa shape index (κ2) is 7.83. The van der Waals surface area contributed by atoms with E-state index >= 15 is 0 Å². The molecular weight excluding hydrogens is 278 g/mol. The molecule has 0 aliphatic rings. The predicted molar refractivity (Wildman–Crippen MR) is 93.2 cm³/mol. The lowest BCUT2D eigenvalue weighted by Gasteiger charge is -2.11. The molecule has 2 heterocycles. The lowest BCUT2D eigenvalue weighted by molar-refractivity contribution is 0.605. The summed E-state index contributed by atoms with van der Waals surface area (Å²) in [6.45, 7) is 7.59. The van der Waals surface area contributed by atoms with Crippen molar-refractivity contribution in [2.24, 2.45) is 0 Å². The van der Waals surface area contributed by atoms with Crippen LogP contribution in [0.3, 0.4) is 0 Å². The molecule has 3 nitrogen and oxygen atoms in total. The minimum absolute atomic E-state index is 1.06. The molecule has 2 rings (SSSR count). The van der Waals surface area contributed by atoms with Crippen molar-refractivity contribution < 1.29 is 0 Å². The number of fused-ring (bicyclic) bond motifs is 1. The zero-order chi connectivity index (χ0) is 15.2. The number of unbranched alkanes of at least 4 members (excludes halogenated alkanes) is 2. The SMILES string of the molecule is CCCCc1nc2cnc(C)c(C)c2n1CCCCSC. The molecule has 0 radical (unpaired) electrons. The first-order valence-electron chi connectivity index (χ1n) is 7.99. The average molecular weight is 305 g/mol. The highest BCUT2D eigenvalue weighted by Gasteiger charge is 2.13. The van der Waals surface area contributed by atoms with Gasteiger partial charge in [-0.3, -0.25) is 4.98 Å². The van der Waals surface area contributed by atoms with Crippen molar-refractivity contribution in [3.05, 3.63) is 23.3 Å². The molecule has 2 aromatic heterocycles. The lowest BCUT2D eigenvalue weighted by Crippen LogP contribution is -2.06. The Kier molecular flexibility index (Phi) is 6.09. The normalized spacial score (nSPS) is 11.4. The molecule has 2 aromatic rings. The van der Waals surface area contributed by atoms with Gasteiger partial charge in [-0.05, 0) is 50.7 Å². The smallest absolute Gasteiger partial charge is 0.109 e. The van der Waals surface area contributed by atoms with Crippen LogP contribution in [-0.2, 0) is 13.0 Å². The molecule has 0 saturated carbocycles. The minimum atomic E-state index is 1.06. The largest absolute Gasteiger partial charge is 0.328 e. The third-order valence-corrected chi connectivity index (χ3v) is 4.78. The van der Waals surface area contributed by atoms with Gasteiger partial charge in [-0.2, -0.15) is 11.8 Å². The highest BCUT2D eigenvalue weighted by atomic mass is 32.2. The maximum Gasteiger partial charge on any atom is 0.109 e. The first-order valence-corrected chi connectivity index (χ1v) is 9.38. The van der Waals surface area contributed by atoms with Crippen LogP contribution in [0, 0.1) is 13.8 Å². The highest BCUT2D eigenvalue weighted by Crippen LogP contribution is 2.23. The van der Waals surface area contributed by atoms with Gasteiger partial charge in [0.05, 0.1) is 11.7 Å². The second-order valence-corrected chi connectivity index (χ2v) is 6.67. The van der Waals surface area contributed by atoms with Gasteiger partial charge in [0.1, 0.15) is 11.3 Å². The number of aromatic nitrogens is 3. The van der Waals surface area contributed by atoms with Crippen LogP contribution >= 0.6 is 11.8 Å². The second-order valence-electron chi connectivity index (χ2n) is 5.69. The predicted octanol–water partition coefficient (Wildman–Crippen LogP) is 4.53. The van der Waals surface area contributed by atoms with Crippen molar-refractivity contribution in [3.8, 4) is 0 Å². The van der Waals surface area contributed by atoms with Gasteiger partial charge >= 0.3 is 0 Å². The standard InChI is InChI=1S/C17H27N3S/c1-5-6-9-16-19-15-12-18-14(3)13(2)17(15)20(16)10-7-8-11-21-4/h12H,5-11H2,1-4H3. The van der Waals surface area contributed by atoms with Crippen LogP contribution in [0.5, 0.6) is 0 Å². The average Bonchev–Trinajstić information content (AvgIpc) is 2.84. The van der Waals surface area contributed by atoms with Crippen molar-refractivity contribution >= 4 is 22.8 Å². The third-order valence-electron chi connectivity index (χ3n) is 4.09. The van der Waals surface area contributed by atoms with Crippen LogP contribution < -0.4 is 0 Å². The molecule has 4 heteroatoms. The minimum Gasteiger partial charge on any atom is -0.328 e. The van der Waals surface area contributed by atoms with E-state index in [9.17, 15) is 0 Å². The number of aryl methyl sites for hydroxylation is 4. The molecule has 0 unspecified atom stereocenters. The number of hydrogen-bond donors (Lipinski definition) is 0.